The van der Waals surface area contributed by atoms with Crippen molar-refractivity contribution in [2.24, 2.45) is 5.92 Å². The largest absolute Gasteiger partial charge is 0.503 e. The molecule has 1 rings (SSSR count). The SMILES string of the molecule is CSc1ccc(CC(C)C)cc1.O=C(O)O. The van der Waals surface area contributed by atoms with Crippen molar-refractivity contribution in [1.29, 1.82) is 0 Å². The minimum absolute atomic E-state index is 0.755. The molecule has 0 aromatic heterocycles. The average Bonchev–Trinajstić information content (AvgIpc) is 2.17. The average molecular weight is 242 g/mol. The fourth-order valence-electron chi connectivity index (χ4n) is 1.23. The Balaban J connectivity index is 0.000000487. The number of rotatable bonds is 3. The Morgan fingerprint density at radius 1 is 1.25 bits per heavy atom. The summed E-state index contributed by atoms with van der Waals surface area (Å²) in [7, 11) is 0. The first kappa shape index (κ1) is 14.8. The molecule has 3 nitrogen and oxygen atoms in total. The molecule has 0 aliphatic heterocycles. The van der Waals surface area contributed by atoms with Crippen LogP contribution in [0.2, 0.25) is 0 Å². The Labute approximate surface area is 100 Å². The summed E-state index contributed by atoms with van der Waals surface area (Å²) >= 11 is 1.80. The van der Waals surface area contributed by atoms with Crippen molar-refractivity contribution in [3.63, 3.8) is 0 Å². The van der Waals surface area contributed by atoms with Gasteiger partial charge in [-0.25, -0.2) is 4.79 Å². The van der Waals surface area contributed by atoms with Gasteiger partial charge >= 0.3 is 6.16 Å². The number of carboxylic acid groups (broad SMARTS) is 2. The van der Waals surface area contributed by atoms with Crippen LogP contribution in [-0.2, 0) is 6.42 Å². The molecule has 1 aromatic rings. The molecule has 0 amide bonds. The third-order valence-electron chi connectivity index (χ3n) is 1.80. The highest BCUT2D eigenvalue weighted by molar-refractivity contribution is 7.98. The maximum atomic E-state index is 8.56. The van der Waals surface area contributed by atoms with Crippen molar-refractivity contribution >= 4 is 17.9 Å². The van der Waals surface area contributed by atoms with Crippen LogP contribution in [0.15, 0.2) is 29.2 Å². The summed E-state index contributed by atoms with van der Waals surface area (Å²) in [5, 5.41) is 13.9. The molecule has 1 aromatic carbocycles. The van der Waals surface area contributed by atoms with Gasteiger partial charge in [-0.1, -0.05) is 26.0 Å². The summed E-state index contributed by atoms with van der Waals surface area (Å²) in [5.74, 6) is 0.755. The molecule has 90 valence electrons. The van der Waals surface area contributed by atoms with E-state index in [9.17, 15) is 0 Å². The van der Waals surface area contributed by atoms with Crippen LogP contribution in [0.3, 0.4) is 0 Å². The fourth-order valence-corrected chi connectivity index (χ4v) is 1.64. The topological polar surface area (TPSA) is 57.5 Å². The van der Waals surface area contributed by atoms with Gasteiger partial charge in [0, 0.05) is 4.90 Å². The fraction of sp³-hybridized carbons (Fsp3) is 0.417. The van der Waals surface area contributed by atoms with E-state index in [1.54, 1.807) is 11.8 Å². The molecule has 0 bridgehead atoms. The van der Waals surface area contributed by atoms with E-state index in [1.165, 1.54) is 16.9 Å². The van der Waals surface area contributed by atoms with E-state index in [4.69, 9.17) is 15.0 Å². The normalized spacial score (nSPS) is 9.50. The lowest BCUT2D eigenvalue weighted by atomic mass is 10.0. The maximum Gasteiger partial charge on any atom is 0.503 e. The summed E-state index contributed by atoms with van der Waals surface area (Å²) in [6.45, 7) is 4.50. The minimum Gasteiger partial charge on any atom is -0.450 e. The summed E-state index contributed by atoms with van der Waals surface area (Å²) in [6, 6.07) is 8.85. The zero-order chi connectivity index (χ0) is 12.6. The standard InChI is InChI=1S/C11H16S.CH2O3/c1-9(2)8-10-4-6-11(12-3)7-5-10;2-1(3)4/h4-7,9H,8H2,1-3H3;(H2,2,3,4). The Morgan fingerprint density at radius 3 is 2.00 bits per heavy atom. The highest BCUT2D eigenvalue weighted by Gasteiger charge is 1.96. The van der Waals surface area contributed by atoms with E-state index in [2.05, 4.69) is 44.4 Å². The van der Waals surface area contributed by atoms with Crippen molar-refractivity contribution in [3.05, 3.63) is 29.8 Å². The maximum absolute atomic E-state index is 8.56. The Kier molecular flexibility index (Phi) is 7.46. The first-order valence-electron chi connectivity index (χ1n) is 5.00. The zero-order valence-corrected chi connectivity index (χ0v) is 10.6. The quantitative estimate of drug-likeness (QED) is 0.791. The van der Waals surface area contributed by atoms with Crippen LogP contribution in [0.4, 0.5) is 4.79 Å². The smallest absolute Gasteiger partial charge is 0.450 e. The number of benzene rings is 1. The second kappa shape index (κ2) is 8.05. The lowest BCUT2D eigenvalue weighted by Gasteiger charge is -2.04. The van der Waals surface area contributed by atoms with Crippen LogP contribution >= 0.6 is 11.8 Å². The molecule has 0 aliphatic carbocycles. The molecular formula is C12H18O3S. The van der Waals surface area contributed by atoms with Gasteiger partial charge in [0.25, 0.3) is 0 Å². The van der Waals surface area contributed by atoms with Crippen molar-refractivity contribution < 1.29 is 15.0 Å². The van der Waals surface area contributed by atoms with E-state index in [0.29, 0.717) is 0 Å². The second-order valence-electron chi connectivity index (χ2n) is 3.73. The van der Waals surface area contributed by atoms with Gasteiger partial charge in [0.05, 0.1) is 0 Å². The Morgan fingerprint density at radius 2 is 1.69 bits per heavy atom. The molecular weight excluding hydrogens is 224 g/mol. The van der Waals surface area contributed by atoms with E-state index in [-0.39, 0.29) is 0 Å². The van der Waals surface area contributed by atoms with Gasteiger partial charge in [-0.3, -0.25) is 0 Å². The lowest BCUT2D eigenvalue weighted by molar-refractivity contribution is 0.137. The van der Waals surface area contributed by atoms with E-state index < -0.39 is 6.16 Å². The van der Waals surface area contributed by atoms with E-state index in [1.807, 2.05) is 0 Å². The Hall–Kier alpha value is -1.16. The van der Waals surface area contributed by atoms with Gasteiger partial charge in [-0.2, -0.15) is 0 Å². The molecule has 16 heavy (non-hydrogen) atoms. The summed E-state index contributed by atoms with van der Waals surface area (Å²) in [6.07, 6.45) is 1.46. The van der Waals surface area contributed by atoms with Gasteiger partial charge in [0.15, 0.2) is 0 Å². The first-order chi connectivity index (χ1) is 7.45. The molecule has 0 radical (unpaired) electrons. The third-order valence-corrected chi connectivity index (χ3v) is 2.55. The molecule has 0 atom stereocenters. The lowest BCUT2D eigenvalue weighted by Crippen LogP contribution is -1.92. The Bertz CT molecular complexity index is 303. The molecule has 0 saturated heterocycles. The molecule has 2 N–H and O–H groups in total. The third kappa shape index (κ3) is 8.17. The first-order valence-corrected chi connectivity index (χ1v) is 6.23. The van der Waals surface area contributed by atoms with Gasteiger partial charge in [-0.15, -0.1) is 11.8 Å². The number of thioether (sulfide) groups is 1. The molecule has 0 aliphatic rings. The molecule has 0 heterocycles. The van der Waals surface area contributed by atoms with Crippen molar-refractivity contribution in [2.75, 3.05) is 6.26 Å². The summed E-state index contributed by atoms with van der Waals surface area (Å²) in [5.41, 5.74) is 1.45. The van der Waals surface area contributed by atoms with Crippen LogP contribution in [0.5, 0.6) is 0 Å². The number of carbonyl (C=O) groups is 1. The van der Waals surface area contributed by atoms with Crippen LogP contribution in [-0.4, -0.2) is 22.6 Å². The van der Waals surface area contributed by atoms with Crippen molar-refractivity contribution in [3.8, 4) is 0 Å². The summed E-state index contributed by atoms with van der Waals surface area (Å²) < 4.78 is 0. The highest BCUT2D eigenvalue weighted by atomic mass is 32.2. The zero-order valence-electron chi connectivity index (χ0n) is 9.80. The van der Waals surface area contributed by atoms with Gasteiger partial charge in [0.2, 0.25) is 0 Å². The highest BCUT2D eigenvalue weighted by Crippen LogP contribution is 2.16. The van der Waals surface area contributed by atoms with Crippen LogP contribution in [0.1, 0.15) is 19.4 Å². The van der Waals surface area contributed by atoms with E-state index in [0.717, 1.165) is 5.92 Å². The van der Waals surface area contributed by atoms with Gasteiger partial charge in [-0.05, 0) is 36.3 Å². The molecule has 0 spiro atoms. The number of hydrogen-bond donors (Lipinski definition) is 2. The summed E-state index contributed by atoms with van der Waals surface area (Å²) in [4.78, 5) is 9.91. The number of hydrogen-bond acceptors (Lipinski definition) is 2. The predicted octanol–water partition coefficient (Wildman–Crippen LogP) is 3.83. The van der Waals surface area contributed by atoms with Crippen molar-refractivity contribution in [1.82, 2.24) is 0 Å². The molecule has 0 unspecified atom stereocenters. The van der Waals surface area contributed by atoms with Crippen LogP contribution in [0.25, 0.3) is 0 Å². The molecule has 0 saturated carbocycles. The van der Waals surface area contributed by atoms with Crippen LogP contribution in [0, 0.1) is 5.92 Å². The minimum atomic E-state index is -1.83. The van der Waals surface area contributed by atoms with Gasteiger partial charge < -0.3 is 10.2 Å². The second-order valence-corrected chi connectivity index (χ2v) is 4.61. The van der Waals surface area contributed by atoms with E-state index >= 15 is 0 Å². The predicted molar refractivity (Wildman–Crippen MR) is 67.4 cm³/mol. The van der Waals surface area contributed by atoms with Crippen molar-refractivity contribution in [2.45, 2.75) is 25.2 Å². The van der Waals surface area contributed by atoms with Gasteiger partial charge in [0.1, 0.15) is 0 Å². The molecule has 0 fully saturated rings. The molecule has 4 heteroatoms. The van der Waals surface area contributed by atoms with Crippen LogP contribution < -0.4 is 0 Å². The monoisotopic (exact) mass is 242 g/mol.